The molecule has 0 radical (unpaired) electrons. The van der Waals surface area contributed by atoms with E-state index in [2.05, 4.69) is 5.32 Å². The Morgan fingerprint density at radius 3 is 2.55 bits per heavy atom. The van der Waals surface area contributed by atoms with Crippen LogP contribution in [0.1, 0.15) is 32.8 Å². The highest BCUT2D eigenvalue weighted by Gasteiger charge is 2.44. The molecule has 0 bridgehead atoms. The van der Waals surface area contributed by atoms with E-state index in [1.807, 2.05) is 6.92 Å². The van der Waals surface area contributed by atoms with Gasteiger partial charge in [-0.2, -0.15) is 0 Å². The molecular weight excluding hydrogens is 259 g/mol. The molecule has 1 aliphatic heterocycles. The van der Waals surface area contributed by atoms with Gasteiger partial charge in [0.1, 0.15) is 17.4 Å². The van der Waals surface area contributed by atoms with E-state index < -0.39 is 11.6 Å². The maximum absolute atomic E-state index is 13.8. The number of hydrogen-bond donors (Lipinski definition) is 1. The molecule has 1 atom stereocenters. The van der Waals surface area contributed by atoms with Crippen LogP contribution >= 0.6 is 0 Å². The van der Waals surface area contributed by atoms with Crippen LogP contribution < -0.4 is 5.32 Å². The van der Waals surface area contributed by atoms with Crippen molar-refractivity contribution in [2.75, 3.05) is 0 Å². The first-order valence-electron chi connectivity index (χ1n) is 6.73. The van der Waals surface area contributed by atoms with Crippen LogP contribution in [0, 0.1) is 5.82 Å². The van der Waals surface area contributed by atoms with E-state index in [1.165, 1.54) is 11.0 Å². The summed E-state index contributed by atoms with van der Waals surface area (Å²) < 4.78 is 13.8. The van der Waals surface area contributed by atoms with E-state index in [1.54, 1.807) is 32.0 Å². The zero-order chi connectivity index (χ0) is 14.9. The van der Waals surface area contributed by atoms with Crippen LogP contribution in [0.4, 0.5) is 4.39 Å². The molecule has 1 aromatic carbocycles. The minimum atomic E-state index is -0.950. The van der Waals surface area contributed by atoms with Crippen LogP contribution in [0.3, 0.4) is 0 Å². The SMILES string of the molecule is CCC1C(=O)NC(C)(C)C(=O)N1Cc1ccccc1F. The van der Waals surface area contributed by atoms with E-state index in [0.29, 0.717) is 12.0 Å². The fraction of sp³-hybridized carbons (Fsp3) is 0.467. The van der Waals surface area contributed by atoms with Gasteiger partial charge in [-0.1, -0.05) is 25.1 Å². The molecule has 108 valence electrons. The zero-order valence-corrected chi connectivity index (χ0v) is 11.9. The molecular formula is C15H19FN2O2. The highest BCUT2D eigenvalue weighted by atomic mass is 19.1. The van der Waals surface area contributed by atoms with Crippen molar-refractivity contribution >= 4 is 11.8 Å². The van der Waals surface area contributed by atoms with Crippen LogP contribution in [-0.2, 0) is 16.1 Å². The third-order valence-electron chi connectivity index (χ3n) is 3.60. The second-order valence-corrected chi connectivity index (χ2v) is 5.56. The lowest BCUT2D eigenvalue weighted by Gasteiger charge is -2.42. The van der Waals surface area contributed by atoms with Crippen LogP contribution in [0.25, 0.3) is 0 Å². The van der Waals surface area contributed by atoms with Gasteiger partial charge in [-0.25, -0.2) is 4.39 Å². The molecule has 2 rings (SSSR count). The minimum absolute atomic E-state index is 0.112. The van der Waals surface area contributed by atoms with Crippen molar-refractivity contribution in [1.82, 2.24) is 10.2 Å². The normalized spacial score (nSPS) is 21.8. The number of benzene rings is 1. The number of piperazine rings is 1. The van der Waals surface area contributed by atoms with Crippen molar-refractivity contribution in [1.29, 1.82) is 0 Å². The average molecular weight is 278 g/mol. The molecule has 1 aliphatic rings. The fourth-order valence-electron chi connectivity index (χ4n) is 2.48. The molecule has 1 aromatic rings. The van der Waals surface area contributed by atoms with Gasteiger partial charge < -0.3 is 10.2 Å². The molecule has 1 heterocycles. The summed E-state index contributed by atoms with van der Waals surface area (Å²) in [5, 5.41) is 2.71. The lowest BCUT2D eigenvalue weighted by atomic mass is 9.95. The minimum Gasteiger partial charge on any atom is -0.340 e. The number of hydrogen-bond acceptors (Lipinski definition) is 2. The molecule has 2 amide bonds. The largest absolute Gasteiger partial charge is 0.340 e. The number of nitrogens with one attached hydrogen (secondary N) is 1. The van der Waals surface area contributed by atoms with Crippen molar-refractivity contribution in [2.45, 2.75) is 45.3 Å². The smallest absolute Gasteiger partial charge is 0.248 e. The van der Waals surface area contributed by atoms with Crippen molar-refractivity contribution in [3.8, 4) is 0 Å². The molecule has 4 nitrogen and oxygen atoms in total. The van der Waals surface area contributed by atoms with Gasteiger partial charge in [-0.05, 0) is 26.3 Å². The number of amides is 2. The highest BCUT2D eigenvalue weighted by molar-refractivity contribution is 5.99. The van der Waals surface area contributed by atoms with Gasteiger partial charge in [0, 0.05) is 12.1 Å². The van der Waals surface area contributed by atoms with Crippen molar-refractivity contribution in [2.24, 2.45) is 0 Å². The maximum atomic E-state index is 13.8. The molecule has 0 saturated carbocycles. The summed E-state index contributed by atoms with van der Waals surface area (Å²) >= 11 is 0. The quantitative estimate of drug-likeness (QED) is 0.917. The first-order valence-corrected chi connectivity index (χ1v) is 6.73. The molecule has 5 heteroatoms. The molecule has 0 spiro atoms. The number of rotatable bonds is 3. The highest BCUT2D eigenvalue weighted by Crippen LogP contribution is 2.23. The lowest BCUT2D eigenvalue weighted by Crippen LogP contribution is -2.67. The van der Waals surface area contributed by atoms with Crippen LogP contribution in [-0.4, -0.2) is 28.3 Å². The summed E-state index contributed by atoms with van der Waals surface area (Å²) in [6.45, 7) is 5.27. The van der Waals surface area contributed by atoms with Crippen LogP contribution in [0.15, 0.2) is 24.3 Å². The summed E-state index contributed by atoms with van der Waals surface area (Å²) in [5.74, 6) is -0.736. The third kappa shape index (κ3) is 2.53. The predicted octanol–water partition coefficient (Wildman–Crippen LogP) is 1.84. The average Bonchev–Trinajstić information content (AvgIpc) is 2.38. The summed E-state index contributed by atoms with van der Waals surface area (Å²) in [4.78, 5) is 26.0. The Labute approximate surface area is 118 Å². The van der Waals surface area contributed by atoms with Gasteiger partial charge in [0.05, 0.1) is 0 Å². The van der Waals surface area contributed by atoms with Gasteiger partial charge in [0.25, 0.3) is 0 Å². The van der Waals surface area contributed by atoms with Gasteiger partial charge in [0.15, 0.2) is 0 Å². The number of carbonyl (C=O) groups excluding carboxylic acids is 2. The van der Waals surface area contributed by atoms with Gasteiger partial charge in [-0.15, -0.1) is 0 Å². The fourth-order valence-corrected chi connectivity index (χ4v) is 2.48. The van der Waals surface area contributed by atoms with Crippen molar-refractivity contribution < 1.29 is 14.0 Å². The van der Waals surface area contributed by atoms with E-state index in [0.717, 1.165) is 0 Å². The van der Waals surface area contributed by atoms with Gasteiger partial charge >= 0.3 is 0 Å². The molecule has 1 saturated heterocycles. The van der Waals surface area contributed by atoms with Gasteiger partial charge in [-0.3, -0.25) is 9.59 Å². The lowest BCUT2D eigenvalue weighted by molar-refractivity contribution is -0.154. The first kappa shape index (κ1) is 14.5. The molecule has 1 fully saturated rings. The maximum Gasteiger partial charge on any atom is 0.248 e. The summed E-state index contributed by atoms with van der Waals surface area (Å²) in [7, 11) is 0. The Morgan fingerprint density at radius 2 is 1.95 bits per heavy atom. The molecule has 0 aliphatic carbocycles. The van der Waals surface area contributed by atoms with E-state index in [-0.39, 0.29) is 24.2 Å². The Kier molecular flexibility index (Phi) is 3.79. The Morgan fingerprint density at radius 1 is 1.30 bits per heavy atom. The summed E-state index contributed by atoms with van der Waals surface area (Å²) in [6.07, 6.45) is 0.502. The Balaban J connectivity index is 2.33. The zero-order valence-electron chi connectivity index (χ0n) is 11.9. The van der Waals surface area contributed by atoms with Crippen LogP contribution in [0.5, 0.6) is 0 Å². The summed E-state index contributed by atoms with van der Waals surface area (Å²) in [6, 6.07) is 5.77. The Hall–Kier alpha value is -1.91. The van der Waals surface area contributed by atoms with Gasteiger partial charge in [0.2, 0.25) is 11.8 Å². The standard InChI is InChI=1S/C15H19FN2O2/c1-4-12-13(19)17-15(2,3)14(20)18(12)9-10-7-5-6-8-11(10)16/h5-8,12H,4,9H2,1-3H3,(H,17,19). The summed E-state index contributed by atoms with van der Waals surface area (Å²) in [5.41, 5.74) is -0.529. The second kappa shape index (κ2) is 5.23. The third-order valence-corrected chi connectivity index (χ3v) is 3.60. The number of halogens is 1. The van der Waals surface area contributed by atoms with Crippen molar-refractivity contribution in [3.63, 3.8) is 0 Å². The molecule has 20 heavy (non-hydrogen) atoms. The molecule has 1 N–H and O–H groups in total. The first-order chi connectivity index (χ1) is 9.36. The monoisotopic (exact) mass is 278 g/mol. The number of carbonyl (C=O) groups is 2. The van der Waals surface area contributed by atoms with E-state index in [4.69, 9.17) is 0 Å². The molecule has 1 unspecified atom stereocenters. The van der Waals surface area contributed by atoms with E-state index in [9.17, 15) is 14.0 Å². The topological polar surface area (TPSA) is 49.4 Å². The Bertz CT molecular complexity index is 542. The van der Waals surface area contributed by atoms with Crippen molar-refractivity contribution in [3.05, 3.63) is 35.6 Å². The second-order valence-electron chi connectivity index (χ2n) is 5.56. The molecule has 0 aromatic heterocycles. The van der Waals surface area contributed by atoms with E-state index >= 15 is 0 Å². The number of nitrogens with zero attached hydrogens (tertiary/aromatic N) is 1. The predicted molar refractivity (Wildman–Crippen MR) is 73.3 cm³/mol. The van der Waals surface area contributed by atoms with Crippen LogP contribution in [0.2, 0.25) is 0 Å².